The van der Waals surface area contributed by atoms with E-state index in [2.05, 4.69) is 5.32 Å². The maximum absolute atomic E-state index is 13.2. The lowest BCUT2D eigenvalue weighted by molar-refractivity contribution is 0.0655. The number of nitrogens with zero attached hydrogens (tertiary/aromatic N) is 1. The van der Waals surface area contributed by atoms with Crippen molar-refractivity contribution in [1.82, 2.24) is 10.2 Å². The van der Waals surface area contributed by atoms with Gasteiger partial charge >= 0.3 is 0 Å². The Balaban J connectivity index is 0.00000180. The quantitative estimate of drug-likeness (QED) is 0.808. The van der Waals surface area contributed by atoms with Crippen molar-refractivity contribution in [3.63, 3.8) is 0 Å². The van der Waals surface area contributed by atoms with E-state index in [1.54, 1.807) is 4.90 Å². The first-order chi connectivity index (χ1) is 8.50. The predicted molar refractivity (Wildman–Crippen MR) is 72.0 cm³/mol. The first-order valence-corrected chi connectivity index (χ1v) is 6.04. The minimum Gasteiger partial charge on any atom is -0.333 e. The van der Waals surface area contributed by atoms with E-state index < -0.39 is 11.6 Å². The SMILES string of the molecule is C[C@@H]1CNCCN1C(=O)c1cc(F)c(F)cc1Cl.Cl. The number of piperazine rings is 1. The summed E-state index contributed by atoms with van der Waals surface area (Å²) in [5.41, 5.74) is 0.00400. The van der Waals surface area contributed by atoms with Gasteiger partial charge in [0.25, 0.3) is 5.91 Å². The fraction of sp³-hybridized carbons (Fsp3) is 0.417. The first kappa shape index (κ1) is 16.1. The molecule has 1 fully saturated rings. The molecule has 1 aromatic rings. The molecule has 1 atom stereocenters. The largest absolute Gasteiger partial charge is 0.333 e. The van der Waals surface area contributed by atoms with Crippen LogP contribution in [0.4, 0.5) is 8.78 Å². The standard InChI is InChI=1S/C12H13ClF2N2O.ClH/c1-7-6-16-2-3-17(7)12(18)8-4-10(14)11(15)5-9(8)13;/h4-5,7,16H,2-3,6H2,1H3;1H/t7-;/m1./s1. The summed E-state index contributed by atoms with van der Waals surface area (Å²) in [5.74, 6) is -2.48. The zero-order valence-electron chi connectivity index (χ0n) is 10.3. The molecular weight excluding hydrogens is 297 g/mol. The summed E-state index contributed by atoms with van der Waals surface area (Å²) in [6.45, 7) is 3.76. The fourth-order valence-corrected chi connectivity index (χ4v) is 2.22. The first-order valence-electron chi connectivity index (χ1n) is 5.67. The summed E-state index contributed by atoms with van der Waals surface area (Å²) in [6, 6.07) is 1.68. The molecule has 19 heavy (non-hydrogen) atoms. The van der Waals surface area contributed by atoms with Crippen LogP contribution in [-0.2, 0) is 0 Å². The van der Waals surface area contributed by atoms with Crippen LogP contribution in [0.3, 0.4) is 0 Å². The van der Waals surface area contributed by atoms with E-state index in [1.807, 2.05) is 6.92 Å². The van der Waals surface area contributed by atoms with E-state index in [-0.39, 0.29) is 34.9 Å². The summed E-state index contributed by atoms with van der Waals surface area (Å²) < 4.78 is 26.1. The second-order valence-electron chi connectivity index (χ2n) is 4.30. The molecule has 1 saturated heterocycles. The molecule has 1 aromatic carbocycles. The summed E-state index contributed by atoms with van der Waals surface area (Å²) >= 11 is 5.79. The monoisotopic (exact) mass is 310 g/mol. The van der Waals surface area contributed by atoms with Crippen LogP contribution in [0.5, 0.6) is 0 Å². The van der Waals surface area contributed by atoms with Gasteiger partial charge < -0.3 is 10.2 Å². The third-order valence-electron chi connectivity index (χ3n) is 3.00. The number of halogens is 4. The lowest BCUT2D eigenvalue weighted by Crippen LogP contribution is -2.52. The van der Waals surface area contributed by atoms with Gasteiger partial charge in [-0.25, -0.2) is 8.78 Å². The maximum atomic E-state index is 13.2. The number of rotatable bonds is 1. The Kier molecular flexibility index (Phi) is 5.52. The minimum atomic E-state index is -1.06. The Morgan fingerprint density at radius 3 is 2.68 bits per heavy atom. The fourth-order valence-electron chi connectivity index (χ4n) is 1.98. The second kappa shape index (κ2) is 6.50. The van der Waals surface area contributed by atoms with Gasteiger partial charge in [0.2, 0.25) is 0 Å². The number of carbonyl (C=O) groups excluding carboxylic acids is 1. The van der Waals surface area contributed by atoms with Crippen LogP contribution < -0.4 is 5.32 Å². The molecule has 1 amide bonds. The van der Waals surface area contributed by atoms with Gasteiger partial charge in [0.15, 0.2) is 11.6 Å². The molecule has 1 N–H and O–H groups in total. The topological polar surface area (TPSA) is 32.3 Å². The van der Waals surface area contributed by atoms with Crippen LogP contribution in [0.1, 0.15) is 17.3 Å². The van der Waals surface area contributed by atoms with Gasteiger partial charge in [0.05, 0.1) is 10.6 Å². The Labute approximate surface area is 121 Å². The molecule has 2 rings (SSSR count). The van der Waals surface area contributed by atoms with E-state index in [9.17, 15) is 13.6 Å². The lowest BCUT2D eigenvalue weighted by atomic mass is 10.1. The number of nitrogens with one attached hydrogen (secondary N) is 1. The highest BCUT2D eigenvalue weighted by Crippen LogP contribution is 2.22. The highest BCUT2D eigenvalue weighted by Gasteiger charge is 2.26. The zero-order chi connectivity index (χ0) is 13.3. The van der Waals surface area contributed by atoms with Crippen molar-refractivity contribution < 1.29 is 13.6 Å². The summed E-state index contributed by atoms with van der Waals surface area (Å²) in [7, 11) is 0. The predicted octanol–water partition coefficient (Wildman–Crippen LogP) is 2.47. The molecule has 0 radical (unpaired) electrons. The van der Waals surface area contributed by atoms with Crippen molar-refractivity contribution in [3.05, 3.63) is 34.4 Å². The van der Waals surface area contributed by atoms with Crippen LogP contribution >= 0.6 is 24.0 Å². The average molecular weight is 311 g/mol. The van der Waals surface area contributed by atoms with Crippen LogP contribution in [0.15, 0.2) is 12.1 Å². The zero-order valence-corrected chi connectivity index (χ0v) is 11.8. The second-order valence-corrected chi connectivity index (χ2v) is 4.71. The van der Waals surface area contributed by atoms with Crippen molar-refractivity contribution in [1.29, 1.82) is 0 Å². The van der Waals surface area contributed by atoms with Gasteiger partial charge in [-0.15, -0.1) is 12.4 Å². The van der Waals surface area contributed by atoms with E-state index in [4.69, 9.17) is 11.6 Å². The van der Waals surface area contributed by atoms with Gasteiger partial charge in [0, 0.05) is 25.7 Å². The molecule has 0 saturated carbocycles. The minimum absolute atomic E-state index is 0. The number of amides is 1. The maximum Gasteiger partial charge on any atom is 0.255 e. The van der Waals surface area contributed by atoms with Crippen molar-refractivity contribution in [3.8, 4) is 0 Å². The van der Waals surface area contributed by atoms with Crippen molar-refractivity contribution >= 4 is 29.9 Å². The Morgan fingerprint density at radius 1 is 1.42 bits per heavy atom. The van der Waals surface area contributed by atoms with Gasteiger partial charge in [-0.2, -0.15) is 0 Å². The molecule has 1 aliphatic rings. The third kappa shape index (κ3) is 3.35. The molecule has 3 nitrogen and oxygen atoms in total. The molecule has 0 bridgehead atoms. The molecule has 1 heterocycles. The van der Waals surface area contributed by atoms with E-state index in [0.717, 1.165) is 12.1 Å². The molecule has 0 unspecified atom stereocenters. The highest BCUT2D eigenvalue weighted by molar-refractivity contribution is 6.33. The number of hydrogen-bond acceptors (Lipinski definition) is 2. The normalized spacial score (nSPS) is 18.9. The number of benzene rings is 1. The van der Waals surface area contributed by atoms with Gasteiger partial charge in [-0.1, -0.05) is 11.6 Å². The van der Waals surface area contributed by atoms with Gasteiger partial charge in [-0.05, 0) is 19.1 Å². The molecule has 0 aromatic heterocycles. The summed E-state index contributed by atoms with van der Waals surface area (Å²) in [6.07, 6.45) is 0. The third-order valence-corrected chi connectivity index (χ3v) is 3.32. The van der Waals surface area contributed by atoms with Crippen molar-refractivity contribution in [2.45, 2.75) is 13.0 Å². The summed E-state index contributed by atoms with van der Waals surface area (Å²) in [5, 5.41) is 3.08. The van der Waals surface area contributed by atoms with Crippen LogP contribution in [-0.4, -0.2) is 36.5 Å². The molecular formula is C12H14Cl2F2N2O. The number of hydrogen-bond donors (Lipinski definition) is 1. The molecule has 0 spiro atoms. The molecule has 106 valence electrons. The molecule has 0 aliphatic carbocycles. The van der Waals surface area contributed by atoms with E-state index in [0.29, 0.717) is 19.6 Å². The van der Waals surface area contributed by atoms with Crippen LogP contribution in [0.2, 0.25) is 5.02 Å². The molecule has 7 heteroatoms. The Bertz CT molecular complexity index is 485. The Hall–Kier alpha value is -0.910. The summed E-state index contributed by atoms with van der Waals surface area (Å²) in [4.78, 5) is 13.8. The highest BCUT2D eigenvalue weighted by atomic mass is 35.5. The molecule has 1 aliphatic heterocycles. The van der Waals surface area contributed by atoms with Crippen molar-refractivity contribution in [2.75, 3.05) is 19.6 Å². The number of carbonyl (C=O) groups is 1. The van der Waals surface area contributed by atoms with E-state index in [1.165, 1.54) is 0 Å². The average Bonchev–Trinajstić information content (AvgIpc) is 2.33. The lowest BCUT2D eigenvalue weighted by Gasteiger charge is -2.34. The van der Waals surface area contributed by atoms with Crippen molar-refractivity contribution in [2.24, 2.45) is 0 Å². The smallest absolute Gasteiger partial charge is 0.255 e. The van der Waals surface area contributed by atoms with E-state index >= 15 is 0 Å². The Morgan fingerprint density at radius 2 is 2.05 bits per heavy atom. The van der Waals surface area contributed by atoms with Gasteiger partial charge in [-0.3, -0.25) is 4.79 Å². The van der Waals surface area contributed by atoms with Gasteiger partial charge in [0.1, 0.15) is 0 Å². The van der Waals surface area contributed by atoms with Crippen LogP contribution in [0, 0.1) is 11.6 Å². The van der Waals surface area contributed by atoms with Crippen LogP contribution in [0.25, 0.3) is 0 Å².